The Morgan fingerprint density at radius 1 is 1.47 bits per heavy atom. The van der Waals surface area contributed by atoms with Crippen molar-refractivity contribution in [3.05, 3.63) is 40.5 Å². The highest BCUT2D eigenvalue weighted by Crippen LogP contribution is 2.12. The highest BCUT2D eigenvalue weighted by Gasteiger charge is 2.15. The molecule has 0 aliphatic rings. The average molecular weight is 326 g/mol. The van der Waals surface area contributed by atoms with Crippen LogP contribution in [0.25, 0.3) is 6.08 Å². The van der Waals surface area contributed by atoms with Gasteiger partial charge in [0, 0.05) is 30.7 Å². The number of rotatable bonds is 4. The number of hydrogen-bond donors (Lipinski definition) is 2. The van der Waals surface area contributed by atoms with Crippen molar-refractivity contribution in [2.24, 2.45) is 5.73 Å². The molecule has 1 aromatic carbocycles. The van der Waals surface area contributed by atoms with Gasteiger partial charge < -0.3 is 11.1 Å². The molecule has 0 saturated heterocycles. The molecule has 3 N–H and O–H groups in total. The van der Waals surface area contributed by atoms with Crippen LogP contribution < -0.4 is 11.1 Å². The van der Waals surface area contributed by atoms with Crippen LogP contribution in [0.3, 0.4) is 0 Å². The molecular weight excluding hydrogens is 310 g/mol. The molecule has 0 radical (unpaired) electrons. The summed E-state index contributed by atoms with van der Waals surface area (Å²) in [7, 11) is 0. The van der Waals surface area contributed by atoms with Crippen LogP contribution in [-0.4, -0.2) is 29.9 Å². The van der Waals surface area contributed by atoms with Crippen LogP contribution >= 0.6 is 15.9 Å². The van der Waals surface area contributed by atoms with Crippen LogP contribution in [-0.2, 0) is 4.79 Å². The maximum atomic E-state index is 11.7. The molecule has 0 aromatic heterocycles. The lowest BCUT2D eigenvalue weighted by Crippen LogP contribution is -2.43. The van der Waals surface area contributed by atoms with Gasteiger partial charge >= 0.3 is 6.03 Å². The quantitative estimate of drug-likeness (QED) is 0.888. The molecule has 19 heavy (non-hydrogen) atoms. The first-order valence-electron chi connectivity index (χ1n) is 5.75. The Balaban J connectivity index is 2.60. The third-order valence-corrected chi connectivity index (χ3v) is 2.80. The zero-order chi connectivity index (χ0) is 14.3. The third kappa shape index (κ3) is 5.23. The van der Waals surface area contributed by atoms with E-state index in [4.69, 9.17) is 5.73 Å². The molecule has 0 spiro atoms. The summed E-state index contributed by atoms with van der Waals surface area (Å²) >= 11 is 3.36. The number of benzene rings is 1. The molecule has 0 unspecified atom stereocenters. The van der Waals surface area contributed by atoms with E-state index in [-0.39, 0.29) is 19.0 Å². The van der Waals surface area contributed by atoms with Crippen LogP contribution in [0.5, 0.6) is 0 Å². The van der Waals surface area contributed by atoms with Gasteiger partial charge in [0.15, 0.2) is 0 Å². The largest absolute Gasteiger partial charge is 0.329 e. The van der Waals surface area contributed by atoms with Crippen molar-refractivity contribution in [3.63, 3.8) is 0 Å². The van der Waals surface area contributed by atoms with E-state index in [1.807, 2.05) is 24.3 Å². The second-order valence-corrected chi connectivity index (χ2v) is 4.71. The van der Waals surface area contributed by atoms with Gasteiger partial charge in [-0.05, 0) is 23.8 Å². The first kappa shape index (κ1) is 15.4. The molecule has 1 aromatic rings. The summed E-state index contributed by atoms with van der Waals surface area (Å²) in [5, 5.41) is 2.53. The van der Waals surface area contributed by atoms with Crippen LogP contribution in [0.4, 0.5) is 4.79 Å². The molecule has 0 bridgehead atoms. The lowest BCUT2D eigenvalue weighted by Gasteiger charge is -2.17. The minimum absolute atomic E-state index is 0.200. The van der Waals surface area contributed by atoms with Gasteiger partial charge in [0.2, 0.25) is 5.91 Å². The van der Waals surface area contributed by atoms with Crippen molar-refractivity contribution in [1.29, 1.82) is 0 Å². The van der Waals surface area contributed by atoms with Crippen molar-refractivity contribution in [1.82, 2.24) is 10.2 Å². The Hall–Kier alpha value is -1.66. The van der Waals surface area contributed by atoms with Gasteiger partial charge in [-0.25, -0.2) is 4.79 Å². The summed E-state index contributed by atoms with van der Waals surface area (Å²) < 4.78 is 0.953. The second kappa shape index (κ2) is 7.70. The van der Waals surface area contributed by atoms with Gasteiger partial charge in [0.05, 0.1) is 0 Å². The molecule has 1 rings (SSSR count). The van der Waals surface area contributed by atoms with E-state index >= 15 is 0 Å². The number of hydrogen-bond acceptors (Lipinski definition) is 3. The zero-order valence-electron chi connectivity index (χ0n) is 10.6. The number of halogens is 1. The minimum Gasteiger partial charge on any atom is -0.329 e. The predicted molar refractivity (Wildman–Crippen MR) is 78.1 cm³/mol. The van der Waals surface area contributed by atoms with Gasteiger partial charge in [0.1, 0.15) is 0 Å². The Bertz CT molecular complexity index is 489. The SMILES string of the molecule is CC(=O)N(CCN)C(=O)N/C=C/c1cccc(Br)c1. The van der Waals surface area contributed by atoms with E-state index in [1.54, 1.807) is 6.08 Å². The van der Waals surface area contributed by atoms with Gasteiger partial charge in [-0.3, -0.25) is 9.69 Å². The lowest BCUT2D eigenvalue weighted by atomic mass is 10.2. The number of imide groups is 1. The predicted octanol–water partition coefficient (Wildman–Crippen LogP) is 1.94. The fourth-order valence-corrected chi connectivity index (χ4v) is 1.85. The van der Waals surface area contributed by atoms with E-state index < -0.39 is 6.03 Å². The molecule has 0 saturated carbocycles. The monoisotopic (exact) mass is 325 g/mol. The molecular formula is C13H16BrN3O2. The molecule has 5 nitrogen and oxygen atoms in total. The van der Waals surface area contributed by atoms with E-state index in [9.17, 15) is 9.59 Å². The molecule has 0 aliphatic carbocycles. The maximum Gasteiger partial charge on any atom is 0.328 e. The molecule has 6 heteroatoms. The number of carbonyl (C=O) groups excluding carboxylic acids is 2. The Kier molecular flexibility index (Phi) is 6.24. The maximum absolute atomic E-state index is 11.7. The number of amides is 3. The lowest BCUT2D eigenvalue weighted by molar-refractivity contribution is -0.125. The van der Waals surface area contributed by atoms with Crippen LogP contribution in [0, 0.1) is 0 Å². The van der Waals surface area contributed by atoms with Crippen LogP contribution in [0.15, 0.2) is 34.9 Å². The fraction of sp³-hybridized carbons (Fsp3) is 0.231. The van der Waals surface area contributed by atoms with E-state index in [0.717, 1.165) is 14.9 Å². The highest BCUT2D eigenvalue weighted by molar-refractivity contribution is 9.10. The number of nitrogens with two attached hydrogens (primary N) is 1. The number of nitrogens with zero attached hydrogens (tertiary/aromatic N) is 1. The minimum atomic E-state index is -0.482. The van der Waals surface area contributed by atoms with E-state index in [0.29, 0.717) is 0 Å². The molecule has 3 amide bonds. The van der Waals surface area contributed by atoms with Crippen molar-refractivity contribution in [3.8, 4) is 0 Å². The van der Waals surface area contributed by atoms with Crippen LogP contribution in [0.2, 0.25) is 0 Å². The third-order valence-electron chi connectivity index (χ3n) is 2.31. The Labute approximate surface area is 120 Å². The molecule has 0 fully saturated rings. The van der Waals surface area contributed by atoms with Gasteiger partial charge in [-0.15, -0.1) is 0 Å². The summed E-state index contributed by atoms with van der Waals surface area (Å²) in [5.74, 6) is -0.334. The number of urea groups is 1. The van der Waals surface area contributed by atoms with E-state index in [2.05, 4.69) is 21.2 Å². The summed E-state index contributed by atoms with van der Waals surface area (Å²) in [6.45, 7) is 1.77. The highest BCUT2D eigenvalue weighted by atomic mass is 79.9. The summed E-state index contributed by atoms with van der Waals surface area (Å²) in [4.78, 5) is 24.0. The van der Waals surface area contributed by atoms with Crippen molar-refractivity contribution in [2.75, 3.05) is 13.1 Å². The summed E-state index contributed by atoms with van der Waals surface area (Å²) in [6.07, 6.45) is 3.24. The Morgan fingerprint density at radius 3 is 2.79 bits per heavy atom. The first-order chi connectivity index (χ1) is 9.04. The van der Waals surface area contributed by atoms with Gasteiger partial charge in [0.25, 0.3) is 0 Å². The Morgan fingerprint density at radius 2 is 2.21 bits per heavy atom. The molecule has 102 valence electrons. The summed E-state index contributed by atoms with van der Waals surface area (Å²) in [5.41, 5.74) is 6.28. The molecule has 0 aliphatic heterocycles. The molecule has 0 heterocycles. The van der Waals surface area contributed by atoms with Crippen LogP contribution in [0.1, 0.15) is 12.5 Å². The van der Waals surface area contributed by atoms with Gasteiger partial charge in [-0.1, -0.05) is 28.1 Å². The van der Waals surface area contributed by atoms with E-state index in [1.165, 1.54) is 13.1 Å². The van der Waals surface area contributed by atoms with Crippen molar-refractivity contribution < 1.29 is 9.59 Å². The molecule has 0 atom stereocenters. The average Bonchev–Trinajstić information content (AvgIpc) is 2.35. The standard InChI is InChI=1S/C13H16BrN3O2/c1-10(18)17(8-6-15)13(19)16-7-5-11-3-2-4-12(14)9-11/h2-5,7,9H,6,8,15H2,1H3,(H,16,19)/b7-5+. The zero-order valence-corrected chi connectivity index (χ0v) is 12.2. The smallest absolute Gasteiger partial charge is 0.328 e. The first-order valence-corrected chi connectivity index (χ1v) is 6.54. The normalized spacial score (nSPS) is 10.5. The number of nitrogens with one attached hydrogen (secondary N) is 1. The number of carbonyl (C=O) groups is 2. The fourth-order valence-electron chi connectivity index (χ4n) is 1.43. The van der Waals surface area contributed by atoms with Gasteiger partial charge in [-0.2, -0.15) is 0 Å². The topological polar surface area (TPSA) is 75.4 Å². The van der Waals surface area contributed by atoms with Crippen molar-refractivity contribution in [2.45, 2.75) is 6.92 Å². The second-order valence-electron chi connectivity index (χ2n) is 3.80. The van der Waals surface area contributed by atoms with Crippen molar-refractivity contribution >= 4 is 33.9 Å². The summed E-state index contributed by atoms with van der Waals surface area (Å²) in [6, 6.07) is 7.13.